The maximum atomic E-state index is 12.1. The number of nitrogens with one attached hydrogen (secondary N) is 1. The van der Waals surface area contributed by atoms with E-state index in [2.05, 4.69) is 10.5 Å². The van der Waals surface area contributed by atoms with Gasteiger partial charge in [-0.15, -0.1) is 0 Å². The molecule has 23 heavy (non-hydrogen) atoms. The zero-order chi connectivity index (χ0) is 16.4. The Bertz CT molecular complexity index is 729. The molecule has 0 bridgehead atoms. The Hall–Kier alpha value is -2.54. The first-order chi connectivity index (χ1) is 11.0. The van der Waals surface area contributed by atoms with E-state index in [1.54, 1.807) is 30.3 Å². The molecule has 0 aliphatic carbocycles. The lowest BCUT2D eigenvalue weighted by molar-refractivity contribution is 0.0899. The molecular weight excluding hydrogens is 322 g/mol. The highest BCUT2D eigenvalue weighted by Crippen LogP contribution is 2.21. The van der Waals surface area contributed by atoms with Gasteiger partial charge in [0.05, 0.1) is 0 Å². The molecule has 7 nitrogen and oxygen atoms in total. The summed E-state index contributed by atoms with van der Waals surface area (Å²) in [5.41, 5.74) is 1.32. The van der Waals surface area contributed by atoms with E-state index in [4.69, 9.17) is 21.2 Å². The van der Waals surface area contributed by atoms with Gasteiger partial charge in [0.2, 0.25) is 5.76 Å². The SMILES string of the molecule is O=C(NC1CCN(C(=O)O)C1)c1cc(-c2ccc(Cl)cc2)no1. The van der Waals surface area contributed by atoms with Crippen molar-refractivity contribution >= 4 is 23.6 Å². The zero-order valence-electron chi connectivity index (χ0n) is 12.0. The van der Waals surface area contributed by atoms with Crippen LogP contribution in [-0.4, -0.2) is 46.3 Å². The normalized spacial score (nSPS) is 17.3. The molecule has 1 fully saturated rings. The number of carbonyl (C=O) groups is 2. The molecule has 120 valence electrons. The number of likely N-dealkylation sites (tertiary alicyclic amines) is 1. The number of benzene rings is 1. The zero-order valence-corrected chi connectivity index (χ0v) is 12.8. The Kier molecular flexibility index (Phi) is 4.20. The number of hydrogen-bond acceptors (Lipinski definition) is 4. The maximum absolute atomic E-state index is 12.1. The smallest absolute Gasteiger partial charge is 0.407 e. The fourth-order valence-corrected chi connectivity index (χ4v) is 2.57. The molecule has 1 aromatic heterocycles. The van der Waals surface area contributed by atoms with Gasteiger partial charge in [-0.3, -0.25) is 4.79 Å². The molecule has 2 N–H and O–H groups in total. The quantitative estimate of drug-likeness (QED) is 0.898. The maximum Gasteiger partial charge on any atom is 0.407 e. The van der Waals surface area contributed by atoms with E-state index in [1.807, 2.05) is 0 Å². The summed E-state index contributed by atoms with van der Waals surface area (Å²) in [5.74, 6) is -0.321. The second-order valence-electron chi connectivity index (χ2n) is 5.27. The minimum atomic E-state index is -0.980. The summed E-state index contributed by atoms with van der Waals surface area (Å²) in [5, 5.41) is 16.1. The van der Waals surface area contributed by atoms with Gasteiger partial charge in [-0.1, -0.05) is 28.9 Å². The number of amides is 2. The van der Waals surface area contributed by atoms with Crippen molar-refractivity contribution in [3.8, 4) is 11.3 Å². The Morgan fingerprint density at radius 2 is 2.09 bits per heavy atom. The van der Waals surface area contributed by atoms with E-state index in [9.17, 15) is 9.59 Å². The van der Waals surface area contributed by atoms with Crippen LogP contribution in [0, 0.1) is 0 Å². The van der Waals surface area contributed by atoms with E-state index in [0.29, 0.717) is 23.7 Å². The van der Waals surface area contributed by atoms with Crippen molar-refractivity contribution in [1.29, 1.82) is 0 Å². The van der Waals surface area contributed by atoms with Gasteiger partial charge in [0.1, 0.15) is 5.69 Å². The average molecular weight is 336 g/mol. The van der Waals surface area contributed by atoms with Crippen LogP contribution in [0.2, 0.25) is 5.02 Å². The lowest BCUT2D eigenvalue weighted by atomic mass is 10.1. The molecule has 1 aromatic carbocycles. The minimum absolute atomic E-state index is 0.0868. The number of rotatable bonds is 3. The molecular formula is C15H14ClN3O4. The standard InChI is InChI=1S/C15H14ClN3O4/c16-10-3-1-9(2-4-10)12-7-13(23-18-12)14(20)17-11-5-6-19(8-11)15(21)22/h1-4,7,11H,5-6,8H2,(H,17,20)(H,21,22). The highest BCUT2D eigenvalue weighted by Gasteiger charge is 2.28. The van der Waals surface area contributed by atoms with Gasteiger partial charge in [0, 0.05) is 35.8 Å². The molecule has 0 spiro atoms. The van der Waals surface area contributed by atoms with Crippen molar-refractivity contribution in [1.82, 2.24) is 15.4 Å². The van der Waals surface area contributed by atoms with Crippen molar-refractivity contribution in [3.63, 3.8) is 0 Å². The molecule has 2 aromatic rings. The number of aromatic nitrogens is 1. The lowest BCUT2D eigenvalue weighted by Crippen LogP contribution is -2.38. The van der Waals surface area contributed by atoms with Gasteiger partial charge >= 0.3 is 6.09 Å². The first kappa shape index (κ1) is 15.4. The van der Waals surface area contributed by atoms with Gasteiger partial charge in [-0.2, -0.15) is 0 Å². The molecule has 1 saturated heterocycles. The molecule has 2 amide bonds. The molecule has 2 heterocycles. The van der Waals surface area contributed by atoms with Gasteiger partial charge in [-0.25, -0.2) is 4.79 Å². The predicted molar refractivity (Wildman–Crippen MR) is 82.4 cm³/mol. The van der Waals surface area contributed by atoms with Gasteiger partial charge < -0.3 is 19.8 Å². The van der Waals surface area contributed by atoms with Crippen LogP contribution >= 0.6 is 11.6 Å². The summed E-state index contributed by atoms with van der Waals surface area (Å²) in [6, 6.07) is 8.34. The predicted octanol–water partition coefficient (Wildman–Crippen LogP) is 2.48. The Morgan fingerprint density at radius 3 is 2.74 bits per heavy atom. The first-order valence-corrected chi connectivity index (χ1v) is 7.42. The van der Waals surface area contributed by atoms with Crippen LogP contribution in [0.3, 0.4) is 0 Å². The van der Waals surface area contributed by atoms with Crippen LogP contribution in [0.15, 0.2) is 34.9 Å². The summed E-state index contributed by atoms with van der Waals surface area (Å²) in [6.07, 6.45) is -0.401. The number of halogens is 1. The summed E-state index contributed by atoms with van der Waals surface area (Å²) >= 11 is 5.83. The van der Waals surface area contributed by atoms with E-state index in [-0.39, 0.29) is 18.3 Å². The third-order valence-corrected chi connectivity index (χ3v) is 3.92. The fourth-order valence-electron chi connectivity index (χ4n) is 2.45. The van der Waals surface area contributed by atoms with Crippen molar-refractivity contribution in [2.24, 2.45) is 0 Å². The van der Waals surface area contributed by atoms with Crippen LogP contribution in [0.25, 0.3) is 11.3 Å². The second-order valence-corrected chi connectivity index (χ2v) is 5.71. The Labute approximate surface area is 136 Å². The average Bonchev–Trinajstić information content (AvgIpc) is 3.17. The third kappa shape index (κ3) is 3.45. The Balaban J connectivity index is 1.65. The van der Waals surface area contributed by atoms with Crippen LogP contribution in [0.1, 0.15) is 17.0 Å². The largest absolute Gasteiger partial charge is 0.465 e. The molecule has 1 unspecified atom stereocenters. The molecule has 8 heteroatoms. The molecule has 1 atom stereocenters. The van der Waals surface area contributed by atoms with Crippen molar-refractivity contribution in [2.45, 2.75) is 12.5 Å². The van der Waals surface area contributed by atoms with Crippen LogP contribution in [-0.2, 0) is 0 Å². The number of carboxylic acid groups (broad SMARTS) is 1. The molecule has 0 radical (unpaired) electrons. The van der Waals surface area contributed by atoms with E-state index in [1.165, 1.54) is 4.90 Å². The van der Waals surface area contributed by atoms with Crippen LogP contribution in [0.4, 0.5) is 4.79 Å². The first-order valence-electron chi connectivity index (χ1n) is 7.04. The van der Waals surface area contributed by atoms with Crippen molar-refractivity contribution < 1.29 is 19.2 Å². The number of hydrogen-bond donors (Lipinski definition) is 2. The van der Waals surface area contributed by atoms with Crippen LogP contribution in [0.5, 0.6) is 0 Å². The topological polar surface area (TPSA) is 95.7 Å². The fraction of sp³-hybridized carbons (Fsp3) is 0.267. The molecule has 1 aliphatic rings. The number of nitrogens with zero attached hydrogens (tertiary/aromatic N) is 2. The van der Waals surface area contributed by atoms with Crippen molar-refractivity contribution in [3.05, 3.63) is 41.1 Å². The van der Waals surface area contributed by atoms with Gasteiger partial charge in [-0.05, 0) is 18.6 Å². The molecule has 1 aliphatic heterocycles. The van der Waals surface area contributed by atoms with E-state index in [0.717, 1.165) is 5.56 Å². The van der Waals surface area contributed by atoms with Gasteiger partial charge in [0.15, 0.2) is 0 Å². The van der Waals surface area contributed by atoms with E-state index >= 15 is 0 Å². The highest BCUT2D eigenvalue weighted by atomic mass is 35.5. The summed E-state index contributed by atoms with van der Waals surface area (Å²) in [6.45, 7) is 0.686. The third-order valence-electron chi connectivity index (χ3n) is 3.67. The minimum Gasteiger partial charge on any atom is -0.465 e. The molecule has 0 saturated carbocycles. The Morgan fingerprint density at radius 1 is 1.35 bits per heavy atom. The lowest BCUT2D eigenvalue weighted by Gasteiger charge is -2.12. The van der Waals surface area contributed by atoms with Crippen molar-refractivity contribution in [2.75, 3.05) is 13.1 Å². The number of carbonyl (C=O) groups excluding carboxylic acids is 1. The monoisotopic (exact) mass is 335 g/mol. The molecule has 3 rings (SSSR count). The second kappa shape index (κ2) is 6.29. The summed E-state index contributed by atoms with van der Waals surface area (Å²) < 4.78 is 5.07. The van der Waals surface area contributed by atoms with E-state index < -0.39 is 12.0 Å². The highest BCUT2D eigenvalue weighted by molar-refractivity contribution is 6.30. The summed E-state index contributed by atoms with van der Waals surface area (Å²) in [7, 11) is 0. The van der Waals surface area contributed by atoms with Crippen LogP contribution < -0.4 is 5.32 Å². The summed E-state index contributed by atoms with van der Waals surface area (Å²) in [4.78, 5) is 24.3. The van der Waals surface area contributed by atoms with Gasteiger partial charge in [0.25, 0.3) is 5.91 Å².